The predicted octanol–water partition coefficient (Wildman–Crippen LogP) is 2.21. The largest absolute Gasteiger partial charge is 0.335 e. The summed E-state index contributed by atoms with van der Waals surface area (Å²) in [6.07, 6.45) is 7.19. The van der Waals surface area contributed by atoms with E-state index in [-0.39, 0.29) is 0 Å². The second-order valence-electron chi connectivity index (χ2n) is 4.43. The summed E-state index contributed by atoms with van der Waals surface area (Å²) in [7, 11) is 0. The summed E-state index contributed by atoms with van der Waals surface area (Å²) in [5, 5.41) is 0. The molecule has 1 atom stereocenters. The molecular formula is C12H23N3. The molecule has 0 aliphatic heterocycles. The van der Waals surface area contributed by atoms with Crippen LogP contribution in [0.5, 0.6) is 0 Å². The Bertz CT molecular complexity index is 278. The maximum atomic E-state index is 6.00. The molecular weight excluding hydrogens is 186 g/mol. The Morgan fingerprint density at radius 2 is 2.20 bits per heavy atom. The third-order valence-corrected chi connectivity index (χ3v) is 2.94. The van der Waals surface area contributed by atoms with Crippen molar-refractivity contribution in [3.05, 3.63) is 18.2 Å². The highest BCUT2D eigenvalue weighted by atomic mass is 15.0. The zero-order valence-corrected chi connectivity index (χ0v) is 10.1. The molecule has 0 aliphatic carbocycles. The van der Waals surface area contributed by atoms with Crippen LogP contribution in [0, 0.1) is 5.92 Å². The third kappa shape index (κ3) is 3.67. The quantitative estimate of drug-likeness (QED) is 0.780. The van der Waals surface area contributed by atoms with Gasteiger partial charge in [0, 0.05) is 31.4 Å². The van der Waals surface area contributed by atoms with E-state index in [1.807, 2.05) is 12.4 Å². The Kier molecular flexibility index (Phi) is 4.82. The van der Waals surface area contributed by atoms with E-state index in [0.717, 1.165) is 25.8 Å². The predicted molar refractivity (Wildman–Crippen MR) is 63.7 cm³/mol. The highest BCUT2D eigenvalue weighted by Crippen LogP contribution is 2.09. The Labute approximate surface area is 92.7 Å². The molecule has 0 saturated heterocycles. The normalized spacial score (nSPS) is 13.4. The molecule has 1 unspecified atom stereocenters. The van der Waals surface area contributed by atoms with E-state index < -0.39 is 0 Å². The van der Waals surface area contributed by atoms with E-state index in [0.29, 0.717) is 12.0 Å². The van der Waals surface area contributed by atoms with Crippen molar-refractivity contribution in [3.63, 3.8) is 0 Å². The van der Waals surface area contributed by atoms with Crippen molar-refractivity contribution in [2.45, 2.75) is 52.6 Å². The van der Waals surface area contributed by atoms with Crippen molar-refractivity contribution in [3.8, 4) is 0 Å². The van der Waals surface area contributed by atoms with Crippen LogP contribution in [-0.4, -0.2) is 15.6 Å². The van der Waals surface area contributed by atoms with Crippen LogP contribution in [0.25, 0.3) is 0 Å². The second kappa shape index (κ2) is 5.91. The summed E-state index contributed by atoms with van der Waals surface area (Å²) in [6, 6.07) is 0.329. The van der Waals surface area contributed by atoms with Gasteiger partial charge in [0.2, 0.25) is 0 Å². The monoisotopic (exact) mass is 209 g/mol. The molecule has 0 bridgehead atoms. The van der Waals surface area contributed by atoms with Crippen LogP contribution in [0.15, 0.2) is 12.4 Å². The number of rotatable bonds is 6. The number of imidazole rings is 1. The van der Waals surface area contributed by atoms with Crippen LogP contribution >= 0.6 is 0 Å². The van der Waals surface area contributed by atoms with E-state index in [2.05, 4.69) is 30.3 Å². The molecule has 0 amide bonds. The second-order valence-corrected chi connectivity index (χ2v) is 4.43. The minimum atomic E-state index is 0.329. The molecule has 15 heavy (non-hydrogen) atoms. The van der Waals surface area contributed by atoms with E-state index in [4.69, 9.17) is 5.73 Å². The standard InChI is InChI=1S/C12H23N3/c1-4-15-9-8-14-12(15)7-5-6-11(13)10(2)3/h8-11H,4-7,13H2,1-3H3. The van der Waals surface area contributed by atoms with Gasteiger partial charge in [-0.25, -0.2) is 4.98 Å². The molecule has 0 spiro atoms. The molecule has 0 radical (unpaired) electrons. The van der Waals surface area contributed by atoms with Gasteiger partial charge in [0.1, 0.15) is 5.82 Å². The molecule has 1 heterocycles. The lowest BCUT2D eigenvalue weighted by Gasteiger charge is -2.15. The van der Waals surface area contributed by atoms with Gasteiger partial charge in [-0.05, 0) is 25.7 Å². The molecule has 1 rings (SSSR count). The number of nitrogens with zero attached hydrogens (tertiary/aromatic N) is 2. The molecule has 3 heteroatoms. The average Bonchev–Trinajstić information content (AvgIpc) is 2.65. The number of aromatic nitrogens is 2. The van der Waals surface area contributed by atoms with E-state index in [1.165, 1.54) is 5.82 Å². The Balaban J connectivity index is 2.31. The van der Waals surface area contributed by atoms with Gasteiger partial charge in [-0.2, -0.15) is 0 Å². The molecule has 0 aliphatic rings. The summed E-state index contributed by atoms with van der Waals surface area (Å²) in [4.78, 5) is 4.35. The lowest BCUT2D eigenvalue weighted by Crippen LogP contribution is -2.26. The number of nitrogens with two attached hydrogens (primary N) is 1. The van der Waals surface area contributed by atoms with Crippen LogP contribution in [0.1, 0.15) is 39.4 Å². The van der Waals surface area contributed by atoms with Gasteiger partial charge >= 0.3 is 0 Å². The number of hydrogen-bond acceptors (Lipinski definition) is 2. The van der Waals surface area contributed by atoms with Crippen molar-refractivity contribution in [1.29, 1.82) is 0 Å². The summed E-state index contributed by atoms with van der Waals surface area (Å²) in [5.74, 6) is 1.77. The van der Waals surface area contributed by atoms with Crippen LogP contribution in [-0.2, 0) is 13.0 Å². The van der Waals surface area contributed by atoms with Crippen molar-refractivity contribution in [1.82, 2.24) is 9.55 Å². The summed E-state index contributed by atoms with van der Waals surface area (Å²) in [6.45, 7) is 7.51. The maximum Gasteiger partial charge on any atom is 0.108 e. The van der Waals surface area contributed by atoms with Crippen molar-refractivity contribution < 1.29 is 0 Å². The minimum Gasteiger partial charge on any atom is -0.335 e. The van der Waals surface area contributed by atoms with Gasteiger partial charge in [0.15, 0.2) is 0 Å². The Hall–Kier alpha value is -0.830. The van der Waals surface area contributed by atoms with Crippen LogP contribution in [0.3, 0.4) is 0 Å². The zero-order valence-electron chi connectivity index (χ0n) is 10.1. The van der Waals surface area contributed by atoms with Crippen molar-refractivity contribution >= 4 is 0 Å². The summed E-state index contributed by atoms with van der Waals surface area (Å²) in [5.41, 5.74) is 6.00. The fourth-order valence-corrected chi connectivity index (χ4v) is 1.69. The van der Waals surface area contributed by atoms with Crippen LogP contribution in [0.4, 0.5) is 0 Å². The molecule has 1 aromatic rings. The van der Waals surface area contributed by atoms with Crippen LogP contribution < -0.4 is 5.73 Å². The highest BCUT2D eigenvalue weighted by Gasteiger charge is 2.08. The molecule has 0 fully saturated rings. The number of hydrogen-bond donors (Lipinski definition) is 1. The third-order valence-electron chi connectivity index (χ3n) is 2.94. The van der Waals surface area contributed by atoms with Crippen molar-refractivity contribution in [2.75, 3.05) is 0 Å². The van der Waals surface area contributed by atoms with Crippen LogP contribution in [0.2, 0.25) is 0 Å². The molecule has 1 aromatic heterocycles. The highest BCUT2D eigenvalue weighted by molar-refractivity contribution is 4.92. The van der Waals surface area contributed by atoms with E-state index >= 15 is 0 Å². The Morgan fingerprint density at radius 3 is 2.80 bits per heavy atom. The molecule has 2 N–H and O–H groups in total. The minimum absolute atomic E-state index is 0.329. The fourth-order valence-electron chi connectivity index (χ4n) is 1.69. The SMILES string of the molecule is CCn1ccnc1CCCC(N)C(C)C. The van der Waals surface area contributed by atoms with Crippen molar-refractivity contribution in [2.24, 2.45) is 11.7 Å². The summed E-state index contributed by atoms with van der Waals surface area (Å²) >= 11 is 0. The van der Waals surface area contributed by atoms with E-state index in [1.54, 1.807) is 0 Å². The van der Waals surface area contributed by atoms with Gasteiger partial charge in [0.05, 0.1) is 0 Å². The lowest BCUT2D eigenvalue weighted by atomic mass is 9.99. The smallest absolute Gasteiger partial charge is 0.108 e. The molecule has 0 aromatic carbocycles. The van der Waals surface area contributed by atoms with Gasteiger partial charge in [-0.3, -0.25) is 0 Å². The zero-order chi connectivity index (χ0) is 11.3. The first-order chi connectivity index (χ1) is 7.15. The van der Waals surface area contributed by atoms with Gasteiger partial charge in [0.25, 0.3) is 0 Å². The Morgan fingerprint density at radius 1 is 1.47 bits per heavy atom. The molecule has 0 saturated carbocycles. The first-order valence-corrected chi connectivity index (χ1v) is 5.90. The maximum absolute atomic E-state index is 6.00. The lowest BCUT2D eigenvalue weighted by molar-refractivity contribution is 0.448. The first kappa shape index (κ1) is 12.2. The number of aryl methyl sites for hydroxylation is 2. The van der Waals surface area contributed by atoms with Gasteiger partial charge < -0.3 is 10.3 Å². The summed E-state index contributed by atoms with van der Waals surface area (Å²) < 4.78 is 2.20. The topological polar surface area (TPSA) is 43.8 Å². The van der Waals surface area contributed by atoms with Gasteiger partial charge in [-0.15, -0.1) is 0 Å². The fraction of sp³-hybridized carbons (Fsp3) is 0.750. The van der Waals surface area contributed by atoms with Gasteiger partial charge in [-0.1, -0.05) is 13.8 Å². The average molecular weight is 209 g/mol. The molecule has 86 valence electrons. The molecule has 3 nitrogen and oxygen atoms in total. The first-order valence-electron chi connectivity index (χ1n) is 5.90. The van der Waals surface area contributed by atoms with E-state index in [9.17, 15) is 0 Å².